The number of anilines is 1. The second-order valence-electron chi connectivity index (χ2n) is 3.78. The molecule has 16 heavy (non-hydrogen) atoms. The van der Waals surface area contributed by atoms with Crippen LogP contribution in [-0.2, 0) is 0 Å². The summed E-state index contributed by atoms with van der Waals surface area (Å²) in [4.78, 5) is 6.37. The van der Waals surface area contributed by atoms with Gasteiger partial charge >= 0.3 is 0 Å². The van der Waals surface area contributed by atoms with Crippen molar-refractivity contribution in [3.05, 3.63) is 35.5 Å². The molecule has 0 unspecified atom stereocenters. The maximum Gasteiger partial charge on any atom is 0.149 e. The van der Waals surface area contributed by atoms with Crippen LogP contribution in [0.5, 0.6) is 0 Å². The van der Waals surface area contributed by atoms with Gasteiger partial charge < -0.3 is 4.90 Å². The van der Waals surface area contributed by atoms with E-state index < -0.39 is 0 Å². The fourth-order valence-corrected chi connectivity index (χ4v) is 1.92. The average Bonchev–Trinajstić information content (AvgIpc) is 3.11. The van der Waals surface area contributed by atoms with Crippen LogP contribution in [0.4, 0.5) is 5.82 Å². The summed E-state index contributed by atoms with van der Waals surface area (Å²) in [6.07, 6.45) is 5.76. The first-order valence-electron chi connectivity index (χ1n) is 5.20. The van der Waals surface area contributed by atoms with Crippen LogP contribution in [0.25, 0.3) is 0 Å². The lowest BCUT2D eigenvalue weighted by Crippen LogP contribution is -2.27. The van der Waals surface area contributed by atoms with Crippen LogP contribution < -0.4 is 4.90 Å². The van der Waals surface area contributed by atoms with Gasteiger partial charge in [-0.05, 0) is 18.9 Å². The Morgan fingerprint density at radius 2 is 2.44 bits per heavy atom. The fourth-order valence-electron chi connectivity index (χ4n) is 1.65. The molecule has 0 radical (unpaired) electrons. The van der Waals surface area contributed by atoms with Crippen molar-refractivity contribution in [2.24, 2.45) is 0 Å². The summed E-state index contributed by atoms with van der Waals surface area (Å²) in [6, 6.07) is 4.19. The lowest BCUT2D eigenvalue weighted by molar-refractivity contribution is 0.841. The summed E-state index contributed by atoms with van der Waals surface area (Å²) in [7, 11) is 0. The highest BCUT2D eigenvalue weighted by atomic mass is 35.5. The summed E-state index contributed by atoms with van der Waals surface area (Å²) in [5, 5.41) is 9.35. The van der Waals surface area contributed by atoms with Crippen molar-refractivity contribution in [2.75, 3.05) is 11.4 Å². The van der Waals surface area contributed by atoms with Crippen molar-refractivity contribution in [3.63, 3.8) is 0 Å². The van der Waals surface area contributed by atoms with Crippen molar-refractivity contribution < 1.29 is 0 Å². The molecule has 3 nitrogen and oxygen atoms in total. The van der Waals surface area contributed by atoms with Gasteiger partial charge in [-0.15, -0.1) is 6.58 Å². The zero-order valence-electron chi connectivity index (χ0n) is 8.86. The van der Waals surface area contributed by atoms with Gasteiger partial charge in [-0.1, -0.05) is 17.7 Å². The molecule has 82 valence electrons. The van der Waals surface area contributed by atoms with Gasteiger partial charge in [0.05, 0.1) is 5.56 Å². The van der Waals surface area contributed by atoms with E-state index in [9.17, 15) is 0 Å². The number of halogens is 1. The Hall–Kier alpha value is -1.53. The monoisotopic (exact) mass is 233 g/mol. The summed E-state index contributed by atoms with van der Waals surface area (Å²) in [5.74, 6) is 0.697. The van der Waals surface area contributed by atoms with Crippen molar-refractivity contribution in [3.8, 4) is 6.07 Å². The largest absolute Gasteiger partial charge is 0.349 e. The van der Waals surface area contributed by atoms with Crippen LogP contribution in [0.1, 0.15) is 18.4 Å². The third-order valence-electron chi connectivity index (χ3n) is 2.58. The summed E-state index contributed by atoms with van der Waals surface area (Å²) in [6.45, 7) is 4.45. The third-order valence-corrected chi connectivity index (χ3v) is 2.95. The first-order chi connectivity index (χ1) is 7.77. The topological polar surface area (TPSA) is 39.9 Å². The first kappa shape index (κ1) is 11.0. The number of nitriles is 1. The van der Waals surface area contributed by atoms with E-state index in [-0.39, 0.29) is 0 Å². The van der Waals surface area contributed by atoms with Crippen molar-refractivity contribution in [2.45, 2.75) is 18.9 Å². The number of nitrogens with zero attached hydrogens (tertiary/aromatic N) is 3. The molecule has 2 rings (SSSR count). The van der Waals surface area contributed by atoms with Crippen LogP contribution in [0, 0.1) is 11.3 Å². The van der Waals surface area contributed by atoms with Gasteiger partial charge in [-0.25, -0.2) is 4.98 Å². The Bertz CT molecular complexity index is 446. The van der Waals surface area contributed by atoms with Crippen LogP contribution in [0.2, 0.25) is 5.02 Å². The minimum absolute atomic E-state index is 0.443. The molecule has 1 fully saturated rings. The predicted octanol–water partition coefficient (Wildman–Crippen LogP) is 2.76. The number of pyridine rings is 1. The van der Waals surface area contributed by atoms with E-state index in [1.54, 1.807) is 12.3 Å². The molecule has 0 aromatic carbocycles. The van der Waals surface area contributed by atoms with Gasteiger partial charge in [0.15, 0.2) is 0 Å². The van der Waals surface area contributed by atoms with Gasteiger partial charge in [0.25, 0.3) is 0 Å². The number of aromatic nitrogens is 1. The lowest BCUT2D eigenvalue weighted by Gasteiger charge is -2.22. The lowest BCUT2D eigenvalue weighted by atomic mass is 10.2. The zero-order valence-corrected chi connectivity index (χ0v) is 9.61. The SMILES string of the molecule is C=CCN(c1nccc(C#N)c1Cl)C1CC1. The van der Waals surface area contributed by atoms with Crippen LogP contribution in [0.15, 0.2) is 24.9 Å². The highest BCUT2D eigenvalue weighted by Gasteiger charge is 2.30. The number of rotatable bonds is 4. The van der Waals surface area contributed by atoms with Crippen LogP contribution in [-0.4, -0.2) is 17.6 Å². The maximum atomic E-state index is 8.91. The van der Waals surface area contributed by atoms with E-state index in [0.29, 0.717) is 29.0 Å². The predicted molar refractivity (Wildman–Crippen MR) is 64.5 cm³/mol. The van der Waals surface area contributed by atoms with Gasteiger partial charge in [0.1, 0.15) is 16.9 Å². The molecule has 0 spiro atoms. The normalized spacial score (nSPS) is 14.2. The molecule has 0 bridgehead atoms. The van der Waals surface area contributed by atoms with E-state index >= 15 is 0 Å². The van der Waals surface area contributed by atoms with E-state index in [2.05, 4.69) is 22.5 Å². The van der Waals surface area contributed by atoms with E-state index in [1.807, 2.05) is 6.08 Å². The van der Waals surface area contributed by atoms with Crippen molar-refractivity contribution in [1.82, 2.24) is 4.98 Å². The van der Waals surface area contributed by atoms with E-state index in [0.717, 1.165) is 12.8 Å². The molecule has 0 amide bonds. The van der Waals surface area contributed by atoms with Crippen molar-refractivity contribution in [1.29, 1.82) is 5.26 Å². The molecule has 0 atom stereocenters. The standard InChI is InChI=1S/C12H12ClN3/c1-2-7-16(10-3-4-10)12-11(13)9(8-14)5-6-15-12/h2,5-6,10H,1,3-4,7H2. The molecule has 1 aromatic rings. The maximum absolute atomic E-state index is 8.91. The molecule has 1 aromatic heterocycles. The van der Waals surface area contributed by atoms with Crippen LogP contribution >= 0.6 is 11.6 Å². The first-order valence-corrected chi connectivity index (χ1v) is 5.58. The second kappa shape index (κ2) is 4.54. The molecule has 4 heteroatoms. The highest BCUT2D eigenvalue weighted by Crippen LogP contribution is 2.35. The van der Waals surface area contributed by atoms with Crippen LogP contribution in [0.3, 0.4) is 0 Å². The van der Waals surface area contributed by atoms with Gasteiger partial charge in [0.2, 0.25) is 0 Å². The molecular weight excluding hydrogens is 222 g/mol. The highest BCUT2D eigenvalue weighted by molar-refractivity contribution is 6.34. The average molecular weight is 234 g/mol. The second-order valence-corrected chi connectivity index (χ2v) is 4.16. The molecule has 1 aliphatic rings. The quantitative estimate of drug-likeness (QED) is 0.751. The summed E-state index contributed by atoms with van der Waals surface area (Å²) in [5.41, 5.74) is 0.473. The Labute approximate surface area is 100.0 Å². The van der Waals surface area contributed by atoms with E-state index in [4.69, 9.17) is 16.9 Å². The molecular formula is C12H12ClN3. The molecule has 1 saturated carbocycles. The van der Waals surface area contributed by atoms with Gasteiger partial charge in [0, 0.05) is 18.8 Å². The van der Waals surface area contributed by atoms with E-state index in [1.165, 1.54) is 0 Å². The zero-order chi connectivity index (χ0) is 11.5. The Kier molecular flexibility index (Phi) is 3.12. The summed E-state index contributed by atoms with van der Waals surface area (Å²) < 4.78 is 0. The van der Waals surface area contributed by atoms with Crippen molar-refractivity contribution >= 4 is 17.4 Å². The summed E-state index contributed by atoms with van der Waals surface area (Å²) >= 11 is 6.15. The van der Waals surface area contributed by atoms with Gasteiger partial charge in [-0.2, -0.15) is 5.26 Å². The number of hydrogen-bond donors (Lipinski definition) is 0. The number of hydrogen-bond acceptors (Lipinski definition) is 3. The molecule has 0 N–H and O–H groups in total. The molecule has 1 aliphatic carbocycles. The van der Waals surface area contributed by atoms with Gasteiger partial charge in [-0.3, -0.25) is 0 Å². The Balaban J connectivity index is 2.37. The minimum Gasteiger partial charge on any atom is -0.349 e. The Morgan fingerprint density at radius 1 is 1.69 bits per heavy atom. The molecule has 0 aliphatic heterocycles. The third kappa shape index (κ3) is 2.02. The smallest absolute Gasteiger partial charge is 0.149 e. The fraction of sp³-hybridized carbons (Fsp3) is 0.333. The Morgan fingerprint density at radius 3 is 3.00 bits per heavy atom. The molecule has 1 heterocycles. The molecule has 0 saturated heterocycles. The minimum atomic E-state index is 0.443.